The van der Waals surface area contributed by atoms with E-state index >= 15 is 0 Å². The average molecular weight is 348 g/mol. The highest BCUT2D eigenvalue weighted by molar-refractivity contribution is 7.99. The van der Waals surface area contributed by atoms with E-state index in [2.05, 4.69) is 40.1 Å². The third kappa shape index (κ3) is 4.38. The fourth-order valence-electron chi connectivity index (χ4n) is 3.73. The van der Waals surface area contributed by atoms with Crippen molar-refractivity contribution >= 4 is 17.7 Å². The van der Waals surface area contributed by atoms with Gasteiger partial charge in [0.25, 0.3) is 0 Å². The number of benzene rings is 1. The predicted octanol–water partition coefficient (Wildman–Crippen LogP) is 3.39. The molecule has 4 nitrogen and oxygen atoms in total. The van der Waals surface area contributed by atoms with Crippen LogP contribution in [0.5, 0.6) is 5.75 Å². The van der Waals surface area contributed by atoms with Gasteiger partial charge in [-0.3, -0.25) is 4.99 Å². The first kappa shape index (κ1) is 17.5. The molecule has 24 heavy (non-hydrogen) atoms. The molecule has 1 fully saturated rings. The van der Waals surface area contributed by atoms with Crippen molar-refractivity contribution in [2.75, 3.05) is 26.5 Å². The smallest absolute Gasteiger partial charge is 0.191 e. The molecule has 1 saturated carbocycles. The third-order valence-electron chi connectivity index (χ3n) is 5.12. The Morgan fingerprint density at radius 1 is 1.29 bits per heavy atom. The van der Waals surface area contributed by atoms with Crippen molar-refractivity contribution in [2.24, 2.45) is 4.99 Å². The van der Waals surface area contributed by atoms with Gasteiger partial charge in [-0.05, 0) is 43.6 Å². The molecule has 1 aromatic rings. The number of hydrogen-bond donors (Lipinski definition) is 2. The van der Waals surface area contributed by atoms with E-state index in [1.807, 2.05) is 24.9 Å². The lowest BCUT2D eigenvalue weighted by Gasteiger charge is -2.31. The topological polar surface area (TPSA) is 45.7 Å². The van der Waals surface area contributed by atoms with E-state index in [-0.39, 0.29) is 0 Å². The van der Waals surface area contributed by atoms with Crippen LogP contribution in [0.4, 0.5) is 0 Å². The minimum absolute atomic E-state index is 0.485. The largest absolute Gasteiger partial charge is 0.493 e. The molecular formula is C19H29N3OS. The number of ether oxygens (including phenoxy) is 1. The summed E-state index contributed by atoms with van der Waals surface area (Å²) < 4.78 is 5.76. The van der Waals surface area contributed by atoms with Gasteiger partial charge in [-0.15, -0.1) is 0 Å². The van der Waals surface area contributed by atoms with Gasteiger partial charge < -0.3 is 15.4 Å². The molecule has 0 bridgehead atoms. The second-order valence-corrected chi connectivity index (χ2v) is 7.83. The summed E-state index contributed by atoms with van der Waals surface area (Å²) in [6.07, 6.45) is 8.43. The lowest BCUT2D eigenvalue weighted by molar-refractivity contribution is 0.267. The van der Waals surface area contributed by atoms with Gasteiger partial charge in [0.1, 0.15) is 5.75 Å². The molecule has 0 radical (unpaired) electrons. The van der Waals surface area contributed by atoms with Gasteiger partial charge in [0.2, 0.25) is 0 Å². The SMILES string of the molecule is CN=C(NCC1CCOc2ccccc21)NC1CCCC(SC)C1. The van der Waals surface area contributed by atoms with Crippen molar-refractivity contribution in [3.63, 3.8) is 0 Å². The Balaban J connectivity index is 1.53. The van der Waals surface area contributed by atoms with Gasteiger partial charge in [-0.25, -0.2) is 0 Å². The monoisotopic (exact) mass is 347 g/mol. The van der Waals surface area contributed by atoms with Gasteiger partial charge in [-0.1, -0.05) is 24.6 Å². The van der Waals surface area contributed by atoms with Crippen LogP contribution in [0, 0.1) is 0 Å². The Hall–Kier alpha value is -1.36. The molecule has 132 valence electrons. The van der Waals surface area contributed by atoms with E-state index < -0.39 is 0 Å². The van der Waals surface area contributed by atoms with E-state index in [0.717, 1.165) is 36.5 Å². The average Bonchev–Trinajstić information content (AvgIpc) is 2.65. The summed E-state index contributed by atoms with van der Waals surface area (Å²) in [5, 5.41) is 7.95. The third-order valence-corrected chi connectivity index (χ3v) is 6.22. The molecule has 2 N–H and O–H groups in total. The van der Waals surface area contributed by atoms with E-state index in [9.17, 15) is 0 Å². The molecule has 0 spiro atoms. The predicted molar refractivity (Wildman–Crippen MR) is 103 cm³/mol. The minimum Gasteiger partial charge on any atom is -0.493 e. The summed E-state index contributed by atoms with van der Waals surface area (Å²) in [4.78, 5) is 4.43. The zero-order valence-corrected chi connectivity index (χ0v) is 15.6. The number of hydrogen-bond acceptors (Lipinski definition) is 3. The summed E-state index contributed by atoms with van der Waals surface area (Å²) in [6.45, 7) is 1.70. The Bertz CT molecular complexity index is 563. The quantitative estimate of drug-likeness (QED) is 0.647. The molecule has 3 rings (SSSR count). The van der Waals surface area contributed by atoms with Crippen molar-refractivity contribution in [3.05, 3.63) is 29.8 Å². The molecule has 1 heterocycles. The summed E-state index contributed by atoms with van der Waals surface area (Å²) in [5.41, 5.74) is 1.31. The maximum absolute atomic E-state index is 5.76. The van der Waals surface area contributed by atoms with Crippen LogP contribution in [0.2, 0.25) is 0 Å². The van der Waals surface area contributed by atoms with E-state index in [1.54, 1.807) is 0 Å². The minimum atomic E-state index is 0.485. The van der Waals surface area contributed by atoms with Gasteiger partial charge in [0, 0.05) is 30.8 Å². The number of nitrogens with zero attached hydrogens (tertiary/aromatic N) is 1. The number of aliphatic imine (C=N–C) groups is 1. The number of rotatable bonds is 4. The molecule has 0 saturated heterocycles. The van der Waals surface area contributed by atoms with Crippen LogP contribution in [-0.2, 0) is 0 Å². The van der Waals surface area contributed by atoms with Crippen molar-refractivity contribution in [1.82, 2.24) is 10.6 Å². The molecule has 3 unspecified atom stereocenters. The van der Waals surface area contributed by atoms with Crippen LogP contribution in [0.25, 0.3) is 0 Å². The van der Waals surface area contributed by atoms with E-state index in [1.165, 1.54) is 31.2 Å². The van der Waals surface area contributed by atoms with Crippen molar-refractivity contribution in [3.8, 4) is 5.75 Å². The van der Waals surface area contributed by atoms with Crippen molar-refractivity contribution in [1.29, 1.82) is 0 Å². The maximum Gasteiger partial charge on any atom is 0.191 e. The lowest BCUT2D eigenvalue weighted by atomic mass is 9.93. The second kappa shape index (κ2) is 8.65. The highest BCUT2D eigenvalue weighted by Gasteiger charge is 2.23. The maximum atomic E-state index is 5.76. The highest BCUT2D eigenvalue weighted by Crippen LogP contribution is 2.32. The van der Waals surface area contributed by atoms with Crippen LogP contribution >= 0.6 is 11.8 Å². The molecule has 1 aliphatic heterocycles. The summed E-state index contributed by atoms with van der Waals surface area (Å²) in [5.74, 6) is 2.46. The van der Waals surface area contributed by atoms with Crippen molar-refractivity contribution < 1.29 is 4.74 Å². The van der Waals surface area contributed by atoms with Gasteiger partial charge in [0.05, 0.1) is 6.61 Å². The first-order valence-corrected chi connectivity index (χ1v) is 10.3. The number of thioether (sulfide) groups is 1. The first-order chi connectivity index (χ1) is 11.8. The zero-order chi connectivity index (χ0) is 16.8. The van der Waals surface area contributed by atoms with Crippen LogP contribution in [0.1, 0.15) is 43.6 Å². The fourth-order valence-corrected chi connectivity index (χ4v) is 4.55. The van der Waals surface area contributed by atoms with Crippen LogP contribution in [0.15, 0.2) is 29.3 Å². The molecule has 0 aromatic heterocycles. The highest BCUT2D eigenvalue weighted by atomic mass is 32.2. The van der Waals surface area contributed by atoms with Gasteiger partial charge in [-0.2, -0.15) is 11.8 Å². The summed E-state index contributed by atoms with van der Waals surface area (Å²) >= 11 is 2.00. The molecular weight excluding hydrogens is 318 g/mol. The first-order valence-electron chi connectivity index (χ1n) is 9.02. The number of nitrogens with one attached hydrogen (secondary N) is 2. The van der Waals surface area contributed by atoms with Gasteiger partial charge in [0.15, 0.2) is 5.96 Å². The molecule has 5 heteroatoms. The number of fused-ring (bicyclic) bond motifs is 1. The Morgan fingerprint density at radius 2 is 2.17 bits per heavy atom. The van der Waals surface area contributed by atoms with Crippen LogP contribution in [-0.4, -0.2) is 43.7 Å². The van der Waals surface area contributed by atoms with Crippen LogP contribution < -0.4 is 15.4 Å². The summed E-state index contributed by atoms with van der Waals surface area (Å²) in [7, 11) is 1.86. The zero-order valence-electron chi connectivity index (χ0n) is 14.8. The van der Waals surface area contributed by atoms with Gasteiger partial charge >= 0.3 is 0 Å². The Kier molecular flexibility index (Phi) is 6.30. The van der Waals surface area contributed by atoms with E-state index in [4.69, 9.17) is 4.74 Å². The van der Waals surface area contributed by atoms with Crippen molar-refractivity contribution in [2.45, 2.75) is 49.3 Å². The lowest BCUT2D eigenvalue weighted by Crippen LogP contribution is -2.46. The summed E-state index contributed by atoms with van der Waals surface area (Å²) in [6, 6.07) is 8.93. The van der Waals surface area contributed by atoms with Crippen LogP contribution in [0.3, 0.4) is 0 Å². The number of guanidine groups is 1. The van der Waals surface area contributed by atoms with E-state index in [0.29, 0.717) is 12.0 Å². The fraction of sp³-hybridized carbons (Fsp3) is 0.632. The molecule has 1 aliphatic carbocycles. The number of para-hydroxylation sites is 1. The standard InChI is InChI=1S/C19H29N3OS/c1-20-19(22-15-6-5-7-16(12-15)24-2)21-13-14-10-11-23-18-9-4-3-8-17(14)18/h3-4,8-9,14-16H,5-7,10-13H2,1-2H3,(H2,20,21,22). The Morgan fingerprint density at radius 3 is 3.00 bits per heavy atom. The molecule has 3 atom stereocenters. The molecule has 1 aromatic carbocycles. The second-order valence-electron chi connectivity index (χ2n) is 6.69. The Labute approximate surface area is 149 Å². The molecule has 0 amide bonds. The molecule has 2 aliphatic rings. The normalized spacial score (nSPS) is 27.1.